The summed E-state index contributed by atoms with van der Waals surface area (Å²) in [5.41, 5.74) is 1.86. The Kier molecular flexibility index (Phi) is 4.52. The zero-order valence-corrected chi connectivity index (χ0v) is 11.1. The molecule has 0 bridgehead atoms. The molecular weight excluding hydrogens is 234 g/mol. The molecule has 0 saturated carbocycles. The lowest BCUT2D eigenvalue weighted by atomic mass is 10.2. The maximum Gasteiger partial charge on any atom is 0.128 e. The number of pyridine rings is 1. The molecule has 0 unspecified atom stereocenters. The molecule has 1 heterocycles. The van der Waals surface area contributed by atoms with Gasteiger partial charge in [-0.05, 0) is 24.1 Å². The summed E-state index contributed by atoms with van der Waals surface area (Å²) in [6.45, 7) is 3.95. The highest BCUT2D eigenvalue weighted by Crippen LogP contribution is 2.15. The lowest BCUT2D eigenvalue weighted by molar-refractivity contribution is 0.754. The van der Waals surface area contributed by atoms with E-state index in [-0.39, 0.29) is 0 Å². The van der Waals surface area contributed by atoms with E-state index >= 15 is 0 Å². The van der Waals surface area contributed by atoms with Crippen molar-refractivity contribution in [2.45, 2.75) is 19.9 Å². The Labute approximate surface area is 114 Å². The van der Waals surface area contributed by atoms with E-state index in [0.29, 0.717) is 5.56 Å². The SMILES string of the molecule is CCCN(Cc1ccccc1)c1ccc(C#N)cn1. The maximum absolute atomic E-state index is 8.80. The van der Waals surface area contributed by atoms with E-state index in [1.165, 1.54) is 5.56 Å². The van der Waals surface area contributed by atoms with Gasteiger partial charge in [0.25, 0.3) is 0 Å². The first-order valence-electron chi connectivity index (χ1n) is 6.48. The van der Waals surface area contributed by atoms with Gasteiger partial charge in [-0.15, -0.1) is 0 Å². The summed E-state index contributed by atoms with van der Waals surface area (Å²) in [7, 11) is 0. The summed E-state index contributed by atoms with van der Waals surface area (Å²) in [4.78, 5) is 6.60. The predicted octanol–water partition coefficient (Wildman–Crippen LogP) is 3.37. The van der Waals surface area contributed by atoms with Crippen LogP contribution < -0.4 is 4.90 Å². The maximum atomic E-state index is 8.80. The van der Waals surface area contributed by atoms with E-state index in [1.807, 2.05) is 30.3 Å². The highest BCUT2D eigenvalue weighted by Gasteiger charge is 2.07. The Morgan fingerprint density at radius 2 is 1.95 bits per heavy atom. The van der Waals surface area contributed by atoms with Gasteiger partial charge in [-0.3, -0.25) is 0 Å². The number of hydrogen-bond donors (Lipinski definition) is 0. The van der Waals surface area contributed by atoms with Crippen LogP contribution >= 0.6 is 0 Å². The van der Waals surface area contributed by atoms with Crippen molar-refractivity contribution in [2.24, 2.45) is 0 Å². The molecule has 0 N–H and O–H groups in total. The molecule has 3 heteroatoms. The molecule has 0 aliphatic rings. The van der Waals surface area contributed by atoms with E-state index in [1.54, 1.807) is 6.20 Å². The number of rotatable bonds is 5. The number of aromatic nitrogens is 1. The van der Waals surface area contributed by atoms with Gasteiger partial charge in [-0.25, -0.2) is 4.98 Å². The number of nitrogens with zero attached hydrogens (tertiary/aromatic N) is 3. The molecule has 2 rings (SSSR count). The Hall–Kier alpha value is -2.34. The van der Waals surface area contributed by atoms with Crippen molar-refractivity contribution in [3.8, 4) is 6.07 Å². The van der Waals surface area contributed by atoms with E-state index in [0.717, 1.165) is 25.3 Å². The van der Waals surface area contributed by atoms with Gasteiger partial charge in [-0.1, -0.05) is 37.3 Å². The average Bonchev–Trinajstić information content (AvgIpc) is 2.48. The molecule has 0 amide bonds. The van der Waals surface area contributed by atoms with Gasteiger partial charge in [0.1, 0.15) is 11.9 Å². The fourth-order valence-corrected chi connectivity index (χ4v) is 1.99. The Bertz CT molecular complexity index is 540. The lowest BCUT2D eigenvalue weighted by Gasteiger charge is -2.23. The zero-order chi connectivity index (χ0) is 13.5. The van der Waals surface area contributed by atoms with Crippen LogP contribution in [-0.4, -0.2) is 11.5 Å². The number of benzene rings is 1. The fraction of sp³-hybridized carbons (Fsp3) is 0.250. The van der Waals surface area contributed by atoms with Crippen LogP contribution in [0.4, 0.5) is 5.82 Å². The van der Waals surface area contributed by atoms with Crippen molar-refractivity contribution >= 4 is 5.82 Å². The van der Waals surface area contributed by atoms with E-state index in [4.69, 9.17) is 5.26 Å². The van der Waals surface area contributed by atoms with Crippen LogP contribution in [-0.2, 0) is 6.54 Å². The third-order valence-electron chi connectivity index (χ3n) is 2.91. The van der Waals surface area contributed by atoms with E-state index in [2.05, 4.69) is 35.0 Å². The van der Waals surface area contributed by atoms with Crippen LogP contribution in [0.2, 0.25) is 0 Å². The third kappa shape index (κ3) is 3.56. The monoisotopic (exact) mass is 251 g/mol. The van der Waals surface area contributed by atoms with Crippen molar-refractivity contribution < 1.29 is 0 Å². The molecule has 2 aromatic rings. The molecular formula is C16H17N3. The first-order chi connectivity index (χ1) is 9.33. The minimum atomic E-state index is 0.597. The van der Waals surface area contributed by atoms with E-state index < -0.39 is 0 Å². The van der Waals surface area contributed by atoms with Gasteiger partial charge < -0.3 is 4.90 Å². The topological polar surface area (TPSA) is 39.9 Å². The summed E-state index contributed by atoms with van der Waals surface area (Å²) in [6, 6.07) is 16.2. The molecule has 0 fully saturated rings. The second kappa shape index (κ2) is 6.55. The Morgan fingerprint density at radius 1 is 1.16 bits per heavy atom. The van der Waals surface area contributed by atoms with E-state index in [9.17, 15) is 0 Å². The highest BCUT2D eigenvalue weighted by atomic mass is 15.2. The normalized spacial score (nSPS) is 9.89. The Morgan fingerprint density at radius 3 is 2.53 bits per heavy atom. The third-order valence-corrected chi connectivity index (χ3v) is 2.91. The van der Waals surface area contributed by atoms with Gasteiger partial charge in [0.2, 0.25) is 0 Å². The second-order valence-electron chi connectivity index (χ2n) is 4.42. The van der Waals surface area contributed by atoms with Crippen LogP contribution in [0.1, 0.15) is 24.5 Å². The standard InChI is InChI=1S/C16H17N3/c1-2-10-19(13-14-6-4-3-5-7-14)16-9-8-15(11-17)12-18-16/h3-9,12H,2,10,13H2,1H3. The zero-order valence-electron chi connectivity index (χ0n) is 11.1. The molecule has 0 atom stereocenters. The summed E-state index contributed by atoms with van der Waals surface area (Å²) in [6.07, 6.45) is 2.69. The molecule has 1 aromatic carbocycles. The number of hydrogen-bond acceptors (Lipinski definition) is 3. The molecule has 1 aromatic heterocycles. The van der Waals surface area contributed by atoms with Crippen molar-refractivity contribution in [2.75, 3.05) is 11.4 Å². The van der Waals surface area contributed by atoms with Crippen LogP contribution in [0.5, 0.6) is 0 Å². The molecule has 0 spiro atoms. The van der Waals surface area contributed by atoms with Gasteiger partial charge in [0.05, 0.1) is 5.56 Å². The number of nitriles is 1. The molecule has 0 radical (unpaired) electrons. The minimum absolute atomic E-state index is 0.597. The first-order valence-corrected chi connectivity index (χ1v) is 6.48. The summed E-state index contributed by atoms with van der Waals surface area (Å²) in [5.74, 6) is 0.921. The molecule has 3 nitrogen and oxygen atoms in total. The molecule has 0 saturated heterocycles. The Balaban J connectivity index is 2.17. The summed E-state index contributed by atoms with van der Waals surface area (Å²) in [5, 5.41) is 8.80. The van der Waals surface area contributed by atoms with Crippen molar-refractivity contribution in [3.05, 3.63) is 59.8 Å². The van der Waals surface area contributed by atoms with Gasteiger partial charge in [0, 0.05) is 19.3 Å². The van der Waals surface area contributed by atoms with Crippen molar-refractivity contribution in [3.63, 3.8) is 0 Å². The molecule has 19 heavy (non-hydrogen) atoms. The highest BCUT2D eigenvalue weighted by molar-refractivity contribution is 5.42. The van der Waals surface area contributed by atoms with Gasteiger partial charge >= 0.3 is 0 Å². The second-order valence-corrected chi connectivity index (χ2v) is 4.42. The number of anilines is 1. The van der Waals surface area contributed by atoms with Crippen molar-refractivity contribution in [1.82, 2.24) is 4.98 Å². The predicted molar refractivity (Wildman–Crippen MR) is 76.7 cm³/mol. The van der Waals surface area contributed by atoms with Gasteiger partial charge in [-0.2, -0.15) is 5.26 Å². The molecule has 0 aliphatic carbocycles. The van der Waals surface area contributed by atoms with Crippen LogP contribution in [0.25, 0.3) is 0 Å². The van der Waals surface area contributed by atoms with Crippen LogP contribution in [0, 0.1) is 11.3 Å². The summed E-state index contributed by atoms with van der Waals surface area (Å²) < 4.78 is 0. The average molecular weight is 251 g/mol. The summed E-state index contributed by atoms with van der Waals surface area (Å²) >= 11 is 0. The first kappa shape index (κ1) is 13.1. The molecule has 96 valence electrons. The van der Waals surface area contributed by atoms with Crippen LogP contribution in [0.15, 0.2) is 48.7 Å². The largest absolute Gasteiger partial charge is 0.352 e. The van der Waals surface area contributed by atoms with Crippen molar-refractivity contribution in [1.29, 1.82) is 5.26 Å². The van der Waals surface area contributed by atoms with Crippen LogP contribution in [0.3, 0.4) is 0 Å². The fourth-order valence-electron chi connectivity index (χ4n) is 1.99. The lowest BCUT2D eigenvalue weighted by Crippen LogP contribution is -2.24. The smallest absolute Gasteiger partial charge is 0.128 e. The molecule has 0 aliphatic heterocycles. The quantitative estimate of drug-likeness (QED) is 0.818. The minimum Gasteiger partial charge on any atom is -0.352 e. The van der Waals surface area contributed by atoms with Gasteiger partial charge in [0.15, 0.2) is 0 Å².